The molecule has 0 spiro atoms. The topological polar surface area (TPSA) is 156 Å². The third-order valence-corrected chi connectivity index (χ3v) is 5.28. The minimum atomic E-state index is -0.768. The Labute approximate surface area is 219 Å². The lowest BCUT2D eigenvalue weighted by molar-refractivity contribution is -0.139. The first-order chi connectivity index (χ1) is 18.2. The Morgan fingerprint density at radius 2 is 1.84 bits per heavy atom. The minimum Gasteiger partial charge on any atom is -0.493 e. The number of ether oxygens (including phenoxy) is 3. The summed E-state index contributed by atoms with van der Waals surface area (Å²) in [6.45, 7) is 4.58. The number of rotatable bonds is 10. The molecular formula is C26H29N5O7. The van der Waals surface area contributed by atoms with E-state index < -0.39 is 23.9 Å². The van der Waals surface area contributed by atoms with Crippen molar-refractivity contribution in [1.29, 1.82) is 0 Å². The Bertz CT molecular complexity index is 1270. The molecule has 12 heteroatoms. The fourth-order valence-electron chi connectivity index (χ4n) is 3.62. The van der Waals surface area contributed by atoms with E-state index in [0.717, 1.165) is 0 Å². The van der Waals surface area contributed by atoms with E-state index in [1.165, 1.54) is 20.2 Å². The maximum atomic E-state index is 12.5. The molecule has 0 fully saturated rings. The van der Waals surface area contributed by atoms with E-state index in [9.17, 15) is 19.2 Å². The highest BCUT2D eigenvalue weighted by Crippen LogP contribution is 2.34. The van der Waals surface area contributed by atoms with Gasteiger partial charge in [0.15, 0.2) is 18.1 Å². The third kappa shape index (κ3) is 7.32. The lowest BCUT2D eigenvalue weighted by Crippen LogP contribution is -2.45. The van der Waals surface area contributed by atoms with Crippen molar-refractivity contribution in [1.82, 2.24) is 16.1 Å². The van der Waals surface area contributed by atoms with Crippen molar-refractivity contribution in [2.24, 2.45) is 5.10 Å². The number of nitrogens with one attached hydrogen (secondary N) is 4. The van der Waals surface area contributed by atoms with E-state index in [4.69, 9.17) is 14.2 Å². The zero-order valence-corrected chi connectivity index (χ0v) is 21.4. The summed E-state index contributed by atoms with van der Waals surface area (Å²) in [5, 5.41) is 11.9. The van der Waals surface area contributed by atoms with Gasteiger partial charge < -0.3 is 30.2 Å². The van der Waals surface area contributed by atoms with Crippen LogP contribution in [0, 0.1) is 0 Å². The molecule has 12 nitrogen and oxygen atoms in total. The van der Waals surface area contributed by atoms with Crippen molar-refractivity contribution in [3.8, 4) is 11.5 Å². The summed E-state index contributed by atoms with van der Waals surface area (Å²) in [4.78, 5) is 47.9. The smallest absolute Gasteiger partial charge is 0.338 e. The molecule has 1 atom stereocenters. The normalized spacial score (nSPS) is 14.8. The summed E-state index contributed by atoms with van der Waals surface area (Å²) >= 11 is 0. The molecular weight excluding hydrogens is 494 g/mol. The number of carbonyl (C=O) groups is 4. The molecule has 3 rings (SSSR count). The highest BCUT2D eigenvalue weighted by Gasteiger charge is 2.32. The van der Waals surface area contributed by atoms with Crippen molar-refractivity contribution in [2.75, 3.05) is 25.6 Å². The highest BCUT2D eigenvalue weighted by atomic mass is 16.5. The molecule has 0 saturated heterocycles. The first-order valence-electron chi connectivity index (χ1n) is 11.7. The van der Waals surface area contributed by atoms with Crippen LogP contribution in [0.15, 0.2) is 58.8 Å². The average molecular weight is 524 g/mol. The third-order valence-electron chi connectivity index (χ3n) is 5.28. The van der Waals surface area contributed by atoms with Gasteiger partial charge in [-0.05, 0) is 49.2 Å². The molecule has 0 aliphatic carbocycles. The molecule has 38 heavy (non-hydrogen) atoms. The van der Waals surface area contributed by atoms with Gasteiger partial charge in [0.05, 0.1) is 31.5 Å². The average Bonchev–Trinajstić information content (AvgIpc) is 2.87. The van der Waals surface area contributed by atoms with Crippen LogP contribution in [-0.2, 0) is 19.1 Å². The summed E-state index contributed by atoms with van der Waals surface area (Å²) in [6.07, 6.45) is 1.45. The summed E-state index contributed by atoms with van der Waals surface area (Å²) in [6, 6.07) is 10.5. The molecule has 4 amide bonds. The van der Waals surface area contributed by atoms with Crippen LogP contribution in [0.2, 0.25) is 0 Å². The first-order valence-corrected chi connectivity index (χ1v) is 11.7. The zero-order valence-electron chi connectivity index (χ0n) is 21.4. The fraction of sp³-hybridized carbons (Fsp3) is 0.269. The fourth-order valence-corrected chi connectivity index (χ4v) is 3.62. The van der Waals surface area contributed by atoms with Crippen LogP contribution in [-0.4, -0.2) is 50.4 Å². The predicted octanol–water partition coefficient (Wildman–Crippen LogP) is 2.37. The van der Waals surface area contributed by atoms with Gasteiger partial charge in [-0.3, -0.25) is 9.59 Å². The SMILES string of the molecule is CCOC(=O)C1=C(C)NC(=O)N[C@H]1c1ccc(OCC(=O)N/N=C\c2ccc(NC(C)=O)cc2)c(OC)c1. The molecule has 0 bridgehead atoms. The van der Waals surface area contributed by atoms with Gasteiger partial charge in [0.25, 0.3) is 5.91 Å². The maximum absolute atomic E-state index is 12.5. The van der Waals surface area contributed by atoms with Crippen LogP contribution >= 0.6 is 0 Å². The number of hydrazone groups is 1. The van der Waals surface area contributed by atoms with Crippen molar-refractivity contribution in [2.45, 2.75) is 26.8 Å². The van der Waals surface area contributed by atoms with Gasteiger partial charge in [-0.15, -0.1) is 0 Å². The Kier molecular flexibility index (Phi) is 9.41. The quantitative estimate of drug-likeness (QED) is 0.212. The van der Waals surface area contributed by atoms with Crippen molar-refractivity contribution >= 4 is 35.7 Å². The number of carbonyl (C=O) groups excluding carboxylic acids is 4. The predicted molar refractivity (Wildman–Crippen MR) is 139 cm³/mol. The van der Waals surface area contributed by atoms with Crippen LogP contribution in [0.1, 0.15) is 37.9 Å². The van der Waals surface area contributed by atoms with Gasteiger partial charge in [-0.2, -0.15) is 5.10 Å². The largest absolute Gasteiger partial charge is 0.493 e. The molecule has 200 valence electrons. The summed E-state index contributed by atoms with van der Waals surface area (Å²) < 4.78 is 16.1. The number of esters is 1. The monoisotopic (exact) mass is 523 g/mol. The first kappa shape index (κ1) is 27.7. The summed E-state index contributed by atoms with van der Waals surface area (Å²) in [5.41, 5.74) is 4.95. The van der Waals surface area contributed by atoms with Gasteiger partial charge in [0.2, 0.25) is 5.91 Å². The minimum absolute atomic E-state index is 0.170. The Morgan fingerprint density at radius 1 is 1.11 bits per heavy atom. The second-order valence-corrected chi connectivity index (χ2v) is 8.09. The zero-order chi connectivity index (χ0) is 27.7. The standard InChI is InChI=1S/C26H29N5O7/c1-5-37-25(34)23-15(2)28-26(35)30-24(23)18-8-11-20(21(12-18)36-4)38-14-22(33)31-27-13-17-6-9-19(10-7-17)29-16(3)32/h6-13,24H,5,14H2,1-4H3,(H,29,32)(H,31,33)(H2,28,30,35)/b27-13-/t24-/m0/s1. The molecule has 4 N–H and O–H groups in total. The van der Waals surface area contributed by atoms with Crippen molar-refractivity contribution in [3.05, 3.63) is 64.9 Å². The number of hydrogen-bond donors (Lipinski definition) is 4. The molecule has 0 aromatic heterocycles. The Morgan fingerprint density at radius 3 is 2.50 bits per heavy atom. The Hall–Kier alpha value is -4.87. The van der Waals surface area contributed by atoms with E-state index in [1.807, 2.05) is 0 Å². The highest BCUT2D eigenvalue weighted by molar-refractivity contribution is 5.95. The van der Waals surface area contributed by atoms with Crippen LogP contribution in [0.25, 0.3) is 0 Å². The van der Waals surface area contributed by atoms with Gasteiger partial charge >= 0.3 is 12.0 Å². The second-order valence-electron chi connectivity index (χ2n) is 8.09. The molecule has 1 aliphatic heterocycles. The molecule has 0 unspecified atom stereocenters. The number of amides is 4. The lowest BCUT2D eigenvalue weighted by atomic mass is 9.95. The van der Waals surface area contributed by atoms with E-state index in [1.54, 1.807) is 56.3 Å². The van der Waals surface area contributed by atoms with E-state index in [0.29, 0.717) is 28.3 Å². The van der Waals surface area contributed by atoms with Crippen molar-refractivity contribution < 1.29 is 33.4 Å². The molecule has 2 aromatic carbocycles. The van der Waals surface area contributed by atoms with E-state index in [-0.39, 0.29) is 30.4 Å². The van der Waals surface area contributed by atoms with E-state index >= 15 is 0 Å². The van der Waals surface area contributed by atoms with Crippen LogP contribution in [0.5, 0.6) is 11.5 Å². The van der Waals surface area contributed by atoms with Gasteiger partial charge in [-0.1, -0.05) is 18.2 Å². The second kappa shape index (κ2) is 12.9. The van der Waals surface area contributed by atoms with Crippen LogP contribution in [0.4, 0.5) is 10.5 Å². The van der Waals surface area contributed by atoms with Gasteiger partial charge in [0, 0.05) is 18.3 Å². The summed E-state index contributed by atoms with van der Waals surface area (Å²) in [7, 11) is 1.43. The maximum Gasteiger partial charge on any atom is 0.338 e. The van der Waals surface area contributed by atoms with Crippen LogP contribution < -0.4 is 30.8 Å². The number of urea groups is 1. The number of anilines is 1. The number of allylic oxidation sites excluding steroid dienone is 1. The van der Waals surface area contributed by atoms with E-state index in [2.05, 4.69) is 26.5 Å². The Balaban J connectivity index is 1.64. The molecule has 1 aliphatic rings. The summed E-state index contributed by atoms with van der Waals surface area (Å²) in [5.74, 6) is -0.649. The van der Waals surface area contributed by atoms with Crippen molar-refractivity contribution in [3.63, 3.8) is 0 Å². The molecule has 0 radical (unpaired) electrons. The lowest BCUT2D eigenvalue weighted by Gasteiger charge is -2.28. The molecule has 1 heterocycles. The van der Waals surface area contributed by atoms with Gasteiger partial charge in [-0.25, -0.2) is 15.0 Å². The van der Waals surface area contributed by atoms with Crippen LogP contribution in [0.3, 0.4) is 0 Å². The van der Waals surface area contributed by atoms with Gasteiger partial charge in [0.1, 0.15) is 0 Å². The number of benzene rings is 2. The number of methoxy groups -OCH3 is 1. The number of hydrogen-bond acceptors (Lipinski definition) is 8. The number of nitrogens with zero attached hydrogens (tertiary/aromatic N) is 1. The molecule has 0 saturated carbocycles. The molecule has 2 aromatic rings.